The average Bonchev–Trinajstić information content (AvgIpc) is 2.48. The number of pyridine rings is 1. The molecule has 1 N–H and O–H groups in total. The van der Waals surface area contributed by atoms with Crippen LogP contribution >= 0.6 is 27.5 Å². The first-order chi connectivity index (χ1) is 10.8. The molecule has 0 aliphatic rings. The van der Waals surface area contributed by atoms with Crippen LogP contribution in [0.2, 0.25) is 5.02 Å². The standard InChI is InChI=1S/C14H10BrClF3N3O/c1-23-12-3-2-10(15)4-8(12)6-21-22-13-11(16)5-9(7-20-13)14(17,18)19/h2-7H,1H3,(H,20,22)/b21-6+. The van der Waals surface area contributed by atoms with Crippen LogP contribution in [0.25, 0.3) is 0 Å². The molecule has 2 rings (SSSR count). The average molecular weight is 409 g/mol. The van der Waals surface area contributed by atoms with Gasteiger partial charge in [-0.2, -0.15) is 18.3 Å². The molecule has 0 aliphatic heterocycles. The second-order valence-corrected chi connectivity index (χ2v) is 5.63. The SMILES string of the molecule is COc1ccc(Br)cc1/C=N/Nc1ncc(C(F)(F)F)cc1Cl. The molecule has 122 valence electrons. The van der Waals surface area contributed by atoms with E-state index in [9.17, 15) is 13.2 Å². The Morgan fingerprint density at radius 2 is 2.09 bits per heavy atom. The summed E-state index contributed by atoms with van der Waals surface area (Å²) in [6.45, 7) is 0. The number of hydrogen-bond donors (Lipinski definition) is 1. The molecule has 1 aromatic carbocycles. The molecule has 0 bridgehead atoms. The van der Waals surface area contributed by atoms with Crippen LogP contribution < -0.4 is 10.2 Å². The fourth-order valence-corrected chi connectivity index (χ4v) is 2.23. The maximum Gasteiger partial charge on any atom is 0.417 e. The molecule has 1 heterocycles. The van der Waals surface area contributed by atoms with Crippen molar-refractivity contribution < 1.29 is 17.9 Å². The van der Waals surface area contributed by atoms with Crippen molar-refractivity contribution in [3.05, 3.63) is 51.1 Å². The number of methoxy groups -OCH3 is 1. The minimum Gasteiger partial charge on any atom is -0.496 e. The number of nitrogens with one attached hydrogen (secondary N) is 1. The van der Waals surface area contributed by atoms with Gasteiger partial charge in [0, 0.05) is 16.2 Å². The Hall–Kier alpha value is -1.80. The first-order valence-corrected chi connectivity index (χ1v) is 7.33. The summed E-state index contributed by atoms with van der Waals surface area (Å²) in [5, 5.41) is 3.73. The monoisotopic (exact) mass is 407 g/mol. The Kier molecular flexibility index (Phi) is 5.48. The van der Waals surface area contributed by atoms with Crippen LogP contribution in [0.5, 0.6) is 5.75 Å². The maximum atomic E-state index is 12.5. The van der Waals surface area contributed by atoms with Gasteiger partial charge in [0.2, 0.25) is 0 Å². The van der Waals surface area contributed by atoms with Gasteiger partial charge in [-0.25, -0.2) is 4.98 Å². The third-order valence-electron chi connectivity index (χ3n) is 2.73. The van der Waals surface area contributed by atoms with E-state index < -0.39 is 11.7 Å². The molecule has 4 nitrogen and oxygen atoms in total. The first-order valence-electron chi connectivity index (χ1n) is 6.16. The number of aromatic nitrogens is 1. The Morgan fingerprint density at radius 1 is 1.35 bits per heavy atom. The number of nitrogens with zero attached hydrogens (tertiary/aromatic N) is 2. The molecule has 0 aliphatic carbocycles. The highest BCUT2D eigenvalue weighted by molar-refractivity contribution is 9.10. The molecule has 23 heavy (non-hydrogen) atoms. The fourth-order valence-electron chi connectivity index (χ4n) is 1.64. The van der Waals surface area contributed by atoms with Gasteiger partial charge in [-0.15, -0.1) is 0 Å². The quantitative estimate of drug-likeness (QED) is 0.574. The molecule has 1 aromatic heterocycles. The lowest BCUT2D eigenvalue weighted by molar-refractivity contribution is -0.137. The first kappa shape index (κ1) is 17.6. The van der Waals surface area contributed by atoms with Gasteiger partial charge in [-0.3, -0.25) is 5.43 Å². The minimum absolute atomic E-state index is 0.0184. The Morgan fingerprint density at radius 3 is 2.70 bits per heavy atom. The zero-order valence-corrected chi connectivity index (χ0v) is 14.0. The van der Waals surface area contributed by atoms with E-state index in [0.29, 0.717) is 17.5 Å². The molecule has 0 radical (unpaired) electrons. The minimum atomic E-state index is -4.50. The Balaban J connectivity index is 2.16. The van der Waals surface area contributed by atoms with Crippen molar-refractivity contribution >= 4 is 39.6 Å². The predicted molar refractivity (Wildman–Crippen MR) is 86.2 cm³/mol. The topological polar surface area (TPSA) is 46.5 Å². The third kappa shape index (κ3) is 4.59. The second-order valence-electron chi connectivity index (χ2n) is 4.31. The van der Waals surface area contributed by atoms with Crippen molar-refractivity contribution in [2.24, 2.45) is 5.10 Å². The summed E-state index contributed by atoms with van der Waals surface area (Å²) in [7, 11) is 1.52. The van der Waals surface area contributed by atoms with E-state index in [1.807, 2.05) is 0 Å². The molecule has 0 saturated heterocycles. The molecule has 2 aromatic rings. The van der Waals surface area contributed by atoms with Crippen LogP contribution in [-0.2, 0) is 6.18 Å². The van der Waals surface area contributed by atoms with E-state index in [-0.39, 0.29) is 10.8 Å². The van der Waals surface area contributed by atoms with Crippen LogP contribution in [0.3, 0.4) is 0 Å². The molecular formula is C14H10BrClF3N3O. The number of hydrogen-bond acceptors (Lipinski definition) is 4. The summed E-state index contributed by atoms with van der Waals surface area (Å²) in [6.07, 6.45) is -2.37. The summed E-state index contributed by atoms with van der Waals surface area (Å²) in [5.74, 6) is 0.607. The number of alkyl halides is 3. The van der Waals surface area contributed by atoms with Crippen molar-refractivity contribution in [3.63, 3.8) is 0 Å². The van der Waals surface area contributed by atoms with Gasteiger partial charge in [0.1, 0.15) is 5.75 Å². The number of anilines is 1. The molecule has 0 amide bonds. The molecular weight excluding hydrogens is 399 g/mol. The zero-order chi connectivity index (χ0) is 17.0. The second kappa shape index (κ2) is 7.18. The van der Waals surface area contributed by atoms with Gasteiger partial charge in [0.15, 0.2) is 5.82 Å². The highest BCUT2D eigenvalue weighted by Crippen LogP contribution is 2.32. The van der Waals surface area contributed by atoms with Crippen LogP contribution in [0.4, 0.5) is 19.0 Å². The van der Waals surface area contributed by atoms with Crippen LogP contribution in [0.15, 0.2) is 40.0 Å². The summed E-state index contributed by atoms with van der Waals surface area (Å²) in [4.78, 5) is 3.62. The summed E-state index contributed by atoms with van der Waals surface area (Å²) in [5.41, 5.74) is 2.24. The fraction of sp³-hybridized carbons (Fsp3) is 0.143. The summed E-state index contributed by atoms with van der Waals surface area (Å²) < 4.78 is 43.6. The largest absolute Gasteiger partial charge is 0.496 e. The van der Waals surface area contributed by atoms with Gasteiger partial charge in [0.25, 0.3) is 0 Å². The predicted octanol–water partition coefficient (Wildman–Crippen LogP) is 4.97. The number of halogens is 5. The van der Waals surface area contributed by atoms with E-state index >= 15 is 0 Å². The normalized spacial score (nSPS) is 11.7. The maximum absolute atomic E-state index is 12.5. The van der Waals surface area contributed by atoms with Gasteiger partial charge in [-0.05, 0) is 24.3 Å². The van der Waals surface area contributed by atoms with Crippen molar-refractivity contribution in [1.82, 2.24) is 4.98 Å². The summed E-state index contributed by atoms with van der Waals surface area (Å²) >= 11 is 9.09. The Labute approximate surface area is 143 Å². The summed E-state index contributed by atoms with van der Waals surface area (Å²) in [6, 6.07) is 6.10. The van der Waals surface area contributed by atoms with Crippen molar-refractivity contribution in [3.8, 4) is 5.75 Å². The molecule has 0 fully saturated rings. The lowest BCUT2D eigenvalue weighted by Gasteiger charge is -2.08. The molecule has 9 heteroatoms. The van der Waals surface area contributed by atoms with E-state index in [4.69, 9.17) is 16.3 Å². The zero-order valence-electron chi connectivity index (χ0n) is 11.7. The van der Waals surface area contributed by atoms with Gasteiger partial charge in [0.05, 0.1) is 23.9 Å². The van der Waals surface area contributed by atoms with E-state index in [1.54, 1.807) is 18.2 Å². The highest BCUT2D eigenvalue weighted by atomic mass is 79.9. The molecule has 0 saturated carbocycles. The number of ether oxygens (including phenoxy) is 1. The van der Waals surface area contributed by atoms with Crippen molar-refractivity contribution in [2.45, 2.75) is 6.18 Å². The van der Waals surface area contributed by atoms with E-state index in [0.717, 1.165) is 10.5 Å². The van der Waals surface area contributed by atoms with Gasteiger partial charge in [-0.1, -0.05) is 27.5 Å². The lowest BCUT2D eigenvalue weighted by atomic mass is 10.2. The number of hydrazone groups is 1. The smallest absolute Gasteiger partial charge is 0.417 e. The van der Waals surface area contributed by atoms with Crippen molar-refractivity contribution in [2.75, 3.05) is 12.5 Å². The third-order valence-corrected chi connectivity index (χ3v) is 3.52. The van der Waals surface area contributed by atoms with Crippen LogP contribution in [0, 0.1) is 0 Å². The van der Waals surface area contributed by atoms with Crippen molar-refractivity contribution in [1.29, 1.82) is 0 Å². The molecule has 0 unspecified atom stereocenters. The van der Waals surface area contributed by atoms with Crippen LogP contribution in [-0.4, -0.2) is 18.3 Å². The number of rotatable bonds is 4. The molecule has 0 atom stereocenters. The Bertz CT molecular complexity index is 738. The van der Waals surface area contributed by atoms with E-state index in [2.05, 4.69) is 31.4 Å². The number of benzene rings is 1. The highest BCUT2D eigenvalue weighted by Gasteiger charge is 2.31. The van der Waals surface area contributed by atoms with Gasteiger partial charge >= 0.3 is 6.18 Å². The lowest BCUT2D eigenvalue weighted by Crippen LogP contribution is -2.06. The van der Waals surface area contributed by atoms with E-state index in [1.165, 1.54) is 13.3 Å². The van der Waals surface area contributed by atoms with Gasteiger partial charge < -0.3 is 4.74 Å². The molecule has 0 spiro atoms. The van der Waals surface area contributed by atoms with Crippen LogP contribution in [0.1, 0.15) is 11.1 Å².